The van der Waals surface area contributed by atoms with E-state index in [-0.39, 0.29) is 0 Å². The molecule has 0 bridgehead atoms. The number of nitrogens with two attached hydrogens (primary N) is 1. The van der Waals surface area contributed by atoms with E-state index < -0.39 is 0 Å². The van der Waals surface area contributed by atoms with E-state index in [9.17, 15) is 0 Å². The van der Waals surface area contributed by atoms with Crippen molar-refractivity contribution in [1.29, 1.82) is 0 Å². The van der Waals surface area contributed by atoms with Crippen molar-refractivity contribution in [3.05, 3.63) is 29.4 Å². The maximum Gasteiger partial charge on any atom is 0.134 e. The number of nitrogens with one attached hydrogen (secondary N) is 1. The van der Waals surface area contributed by atoms with Crippen molar-refractivity contribution in [1.82, 2.24) is 19.7 Å². The Hall–Kier alpha value is -1.82. The summed E-state index contributed by atoms with van der Waals surface area (Å²) in [6.07, 6.45) is 2.43. The minimum Gasteiger partial charge on any atom is -0.399 e. The summed E-state index contributed by atoms with van der Waals surface area (Å²) in [5, 5.41) is 11.3. The fraction of sp³-hybridized carbons (Fsp3) is 0.300. The lowest BCUT2D eigenvalue weighted by atomic mass is 10.3. The van der Waals surface area contributed by atoms with Crippen LogP contribution in [0, 0.1) is 0 Å². The zero-order valence-corrected chi connectivity index (χ0v) is 10.1. The van der Waals surface area contributed by atoms with Crippen LogP contribution >= 0.6 is 11.6 Å². The van der Waals surface area contributed by atoms with E-state index in [1.54, 1.807) is 18.5 Å². The quantitative estimate of drug-likeness (QED) is 0.797. The monoisotopic (exact) mass is 252 g/mol. The zero-order chi connectivity index (χ0) is 12.3. The Kier molecular flexibility index (Phi) is 3.43. The van der Waals surface area contributed by atoms with E-state index >= 15 is 0 Å². The Bertz CT molecular complexity index is 489. The fourth-order valence-corrected chi connectivity index (χ4v) is 1.66. The van der Waals surface area contributed by atoms with E-state index in [2.05, 4.69) is 20.5 Å². The third-order valence-electron chi connectivity index (χ3n) is 2.28. The standard InChI is InChI=1S/C10H13ClN6/c1-17-6-14-16-10(17)2-3-13-9-5-7(12)4-8(11)15-9/h4-6H,2-3H2,1H3,(H3,12,13,15). The van der Waals surface area contributed by atoms with Gasteiger partial charge in [-0.25, -0.2) is 4.98 Å². The maximum atomic E-state index is 5.80. The van der Waals surface area contributed by atoms with Gasteiger partial charge in [0, 0.05) is 31.8 Å². The van der Waals surface area contributed by atoms with E-state index in [0.717, 1.165) is 12.2 Å². The molecule has 0 aliphatic carbocycles. The summed E-state index contributed by atoms with van der Waals surface area (Å²) >= 11 is 5.80. The molecule has 2 aromatic heterocycles. The number of halogens is 1. The van der Waals surface area contributed by atoms with E-state index in [1.807, 2.05) is 11.6 Å². The Morgan fingerprint density at radius 1 is 1.47 bits per heavy atom. The summed E-state index contributed by atoms with van der Waals surface area (Å²) in [6, 6.07) is 3.35. The second kappa shape index (κ2) is 5.01. The minimum atomic E-state index is 0.381. The number of pyridine rings is 1. The van der Waals surface area contributed by atoms with Crippen molar-refractivity contribution < 1.29 is 0 Å². The van der Waals surface area contributed by atoms with Gasteiger partial charge in [-0.15, -0.1) is 10.2 Å². The first kappa shape index (κ1) is 11.7. The van der Waals surface area contributed by atoms with E-state index in [0.29, 0.717) is 23.2 Å². The van der Waals surface area contributed by atoms with Crippen LogP contribution in [0.25, 0.3) is 0 Å². The lowest BCUT2D eigenvalue weighted by Gasteiger charge is -2.06. The van der Waals surface area contributed by atoms with Crippen LogP contribution in [-0.2, 0) is 13.5 Å². The highest BCUT2D eigenvalue weighted by atomic mass is 35.5. The maximum absolute atomic E-state index is 5.80. The van der Waals surface area contributed by atoms with Crippen molar-refractivity contribution in [2.45, 2.75) is 6.42 Å². The number of nitrogens with zero attached hydrogens (tertiary/aromatic N) is 4. The van der Waals surface area contributed by atoms with Gasteiger partial charge in [0.15, 0.2) is 0 Å². The van der Waals surface area contributed by atoms with Crippen LogP contribution in [0.1, 0.15) is 5.82 Å². The van der Waals surface area contributed by atoms with Gasteiger partial charge in [-0.2, -0.15) is 0 Å². The number of aryl methyl sites for hydroxylation is 1. The second-order valence-corrected chi connectivity index (χ2v) is 4.03. The summed E-state index contributed by atoms with van der Waals surface area (Å²) in [5.74, 6) is 1.57. The number of rotatable bonds is 4. The van der Waals surface area contributed by atoms with Crippen LogP contribution in [0.5, 0.6) is 0 Å². The molecule has 17 heavy (non-hydrogen) atoms. The largest absolute Gasteiger partial charge is 0.399 e. The van der Waals surface area contributed by atoms with Crippen LogP contribution in [0.3, 0.4) is 0 Å². The average Bonchev–Trinajstić information content (AvgIpc) is 2.63. The molecule has 2 heterocycles. The topological polar surface area (TPSA) is 81.7 Å². The van der Waals surface area contributed by atoms with Gasteiger partial charge in [-0.1, -0.05) is 11.6 Å². The average molecular weight is 253 g/mol. The molecule has 2 rings (SSSR count). The molecule has 0 aliphatic rings. The molecule has 7 heteroatoms. The number of hydrogen-bond acceptors (Lipinski definition) is 5. The second-order valence-electron chi connectivity index (χ2n) is 3.64. The molecule has 0 spiro atoms. The highest BCUT2D eigenvalue weighted by Gasteiger charge is 2.02. The van der Waals surface area contributed by atoms with Gasteiger partial charge in [0.05, 0.1) is 0 Å². The van der Waals surface area contributed by atoms with Gasteiger partial charge in [0.2, 0.25) is 0 Å². The lowest BCUT2D eigenvalue weighted by Crippen LogP contribution is -2.09. The first-order chi connectivity index (χ1) is 8.15. The number of aromatic nitrogens is 4. The summed E-state index contributed by atoms with van der Waals surface area (Å²) < 4.78 is 1.88. The predicted molar refractivity (Wildman–Crippen MR) is 66.9 cm³/mol. The van der Waals surface area contributed by atoms with Crippen molar-refractivity contribution in [3.8, 4) is 0 Å². The highest BCUT2D eigenvalue weighted by molar-refractivity contribution is 6.29. The number of anilines is 2. The van der Waals surface area contributed by atoms with Gasteiger partial charge in [-0.3, -0.25) is 0 Å². The summed E-state index contributed by atoms with van der Waals surface area (Å²) in [7, 11) is 1.91. The fourth-order valence-electron chi connectivity index (χ4n) is 1.44. The lowest BCUT2D eigenvalue weighted by molar-refractivity contribution is 0.787. The Labute approximate surface area is 104 Å². The van der Waals surface area contributed by atoms with Gasteiger partial charge in [-0.05, 0) is 6.07 Å². The Morgan fingerprint density at radius 2 is 2.29 bits per heavy atom. The van der Waals surface area contributed by atoms with Crippen LogP contribution in [0.4, 0.5) is 11.5 Å². The molecule has 2 aromatic rings. The predicted octanol–water partition coefficient (Wildman–Crippen LogP) is 1.10. The van der Waals surface area contributed by atoms with Gasteiger partial charge in [0.25, 0.3) is 0 Å². The molecule has 0 unspecified atom stereocenters. The van der Waals surface area contributed by atoms with Crippen molar-refractivity contribution in [3.63, 3.8) is 0 Å². The molecule has 0 saturated heterocycles. The molecule has 0 aliphatic heterocycles. The molecule has 0 radical (unpaired) electrons. The van der Waals surface area contributed by atoms with E-state index in [1.165, 1.54) is 0 Å². The van der Waals surface area contributed by atoms with Gasteiger partial charge < -0.3 is 15.6 Å². The van der Waals surface area contributed by atoms with Crippen molar-refractivity contribution in [2.75, 3.05) is 17.6 Å². The van der Waals surface area contributed by atoms with Gasteiger partial charge >= 0.3 is 0 Å². The molecule has 0 fully saturated rings. The Morgan fingerprint density at radius 3 is 2.94 bits per heavy atom. The van der Waals surface area contributed by atoms with Crippen molar-refractivity contribution >= 4 is 23.1 Å². The van der Waals surface area contributed by atoms with Crippen LogP contribution in [-0.4, -0.2) is 26.3 Å². The number of hydrogen-bond donors (Lipinski definition) is 2. The molecule has 90 valence electrons. The third kappa shape index (κ3) is 3.07. The molecule has 0 aromatic carbocycles. The zero-order valence-electron chi connectivity index (χ0n) is 9.39. The highest BCUT2D eigenvalue weighted by Crippen LogP contribution is 2.15. The molecular formula is C10H13ClN6. The molecular weight excluding hydrogens is 240 g/mol. The molecule has 6 nitrogen and oxygen atoms in total. The molecule has 0 saturated carbocycles. The first-order valence-electron chi connectivity index (χ1n) is 5.15. The molecule has 3 N–H and O–H groups in total. The summed E-state index contributed by atoms with van der Waals surface area (Å²) in [6.45, 7) is 0.694. The van der Waals surface area contributed by atoms with Crippen LogP contribution in [0.2, 0.25) is 5.15 Å². The summed E-state index contributed by atoms with van der Waals surface area (Å²) in [4.78, 5) is 4.11. The number of nitrogen functional groups attached to an aromatic ring is 1. The van der Waals surface area contributed by atoms with E-state index in [4.69, 9.17) is 17.3 Å². The Balaban J connectivity index is 1.92. The molecule has 0 amide bonds. The normalized spacial score (nSPS) is 10.5. The van der Waals surface area contributed by atoms with Crippen LogP contribution in [0.15, 0.2) is 18.5 Å². The molecule has 0 atom stereocenters. The van der Waals surface area contributed by atoms with Crippen molar-refractivity contribution in [2.24, 2.45) is 7.05 Å². The SMILES string of the molecule is Cn1cnnc1CCNc1cc(N)cc(Cl)n1. The minimum absolute atomic E-state index is 0.381. The smallest absolute Gasteiger partial charge is 0.134 e. The summed E-state index contributed by atoms with van der Waals surface area (Å²) in [5.41, 5.74) is 6.25. The third-order valence-corrected chi connectivity index (χ3v) is 2.47. The van der Waals surface area contributed by atoms with Crippen LogP contribution < -0.4 is 11.1 Å². The first-order valence-corrected chi connectivity index (χ1v) is 5.53. The van der Waals surface area contributed by atoms with Gasteiger partial charge in [0.1, 0.15) is 23.1 Å².